The van der Waals surface area contributed by atoms with Gasteiger partial charge in [0.15, 0.2) is 0 Å². The zero-order valence-electron chi connectivity index (χ0n) is 15.7. The summed E-state index contributed by atoms with van der Waals surface area (Å²) in [5.41, 5.74) is 4.57. The molecule has 0 saturated carbocycles. The van der Waals surface area contributed by atoms with Gasteiger partial charge in [0.25, 0.3) is 5.91 Å². The van der Waals surface area contributed by atoms with Gasteiger partial charge in [-0.1, -0.05) is 44.9 Å². The van der Waals surface area contributed by atoms with E-state index in [0.29, 0.717) is 0 Å². The fourth-order valence-electron chi connectivity index (χ4n) is 2.97. The molecule has 0 bridgehead atoms. The number of hydrogen-bond acceptors (Lipinski definition) is 3. The van der Waals surface area contributed by atoms with Crippen molar-refractivity contribution in [3.63, 3.8) is 0 Å². The molecule has 0 radical (unpaired) electrons. The number of nitrogens with zero attached hydrogens (tertiary/aromatic N) is 2. The van der Waals surface area contributed by atoms with Crippen LogP contribution in [0.5, 0.6) is 0 Å². The zero-order chi connectivity index (χ0) is 18.8. The molecule has 0 saturated heterocycles. The maximum Gasteiger partial charge on any atom is 0.267 e. The number of benzene rings is 1. The van der Waals surface area contributed by atoms with E-state index in [-0.39, 0.29) is 0 Å². The molecule has 140 valence electrons. The summed E-state index contributed by atoms with van der Waals surface area (Å²) in [5, 5.41) is 8.58. The van der Waals surface area contributed by atoms with Crippen LogP contribution in [0.3, 0.4) is 0 Å². The second kappa shape index (κ2) is 10.6. The van der Waals surface area contributed by atoms with E-state index in [9.17, 15) is 4.79 Å². The van der Waals surface area contributed by atoms with E-state index in [1.165, 1.54) is 18.9 Å². The molecular formula is C21H29N3O2. The molecule has 26 heavy (non-hydrogen) atoms. The number of hydroxylamine groups is 1. The number of aromatic nitrogens is 2. The maximum atomic E-state index is 11.2. The standard InChI is InChI=1S/C21H29N3O2/c1-3-5-7-8-10-20-22-18-16-17(12-14-21(25)23-26)11-13-19(18)24(20)15-9-6-4-2/h5,7,11-14,16,26H,3-4,6,8-10,15H2,1-2H3,(H,23,25)/b7-5-,14-12+. The Balaban J connectivity index is 2.28. The lowest BCUT2D eigenvalue weighted by atomic mass is 10.2. The minimum absolute atomic E-state index is 0.543. The van der Waals surface area contributed by atoms with Crippen LogP contribution in [0.2, 0.25) is 0 Å². The first kappa shape index (κ1) is 19.9. The number of allylic oxidation sites excluding steroid dienone is 2. The molecule has 0 aliphatic heterocycles. The molecule has 2 N–H and O–H groups in total. The lowest BCUT2D eigenvalue weighted by molar-refractivity contribution is -0.124. The number of nitrogens with one attached hydrogen (secondary N) is 1. The number of imidazole rings is 1. The molecule has 0 fully saturated rings. The van der Waals surface area contributed by atoms with E-state index in [4.69, 9.17) is 10.2 Å². The van der Waals surface area contributed by atoms with Gasteiger partial charge in [0, 0.05) is 19.0 Å². The molecule has 0 aliphatic carbocycles. The largest absolute Gasteiger partial charge is 0.328 e. The van der Waals surface area contributed by atoms with E-state index in [1.807, 2.05) is 12.1 Å². The van der Waals surface area contributed by atoms with Crippen molar-refractivity contribution in [3.8, 4) is 0 Å². The molecule has 0 aliphatic rings. The molecule has 0 unspecified atom stereocenters. The SMILES string of the molecule is CC/C=C\CCc1nc2cc(/C=C/C(=O)NO)ccc2n1CCCCC. The van der Waals surface area contributed by atoms with Gasteiger partial charge in [0.05, 0.1) is 11.0 Å². The highest BCUT2D eigenvalue weighted by Gasteiger charge is 2.10. The second-order valence-corrected chi connectivity index (χ2v) is 6.36. The summed E-state index contributed by atoms with van der Waals surface area (Å²) < 4.78 is 2.33. The number of aryl methyl sites for hydroxylation is 2. The Morgan fingerprint density at radius 1 is 1.27 bits per heavy atom. The van der Waals surface area contributed by atoms with Gasteiger partial charge in [-0.2, -0.15) is 0 Å². The minimum atomic E-state index is -0.543. The number of unbranched alkanes of at least 4 members (excludes halogenated alkanes) is 2. The third-order valence-corrected chi connectivity index (χ3v) is 4.31. The predicted molar refractivity (Wildman–Crippen MR) is 106 cm³/mol. The van der Waals surface area contributed by atoms with Crippen molar-refractivity contribution in [2.45, 2.75) is 58.9 Å². The second-order valence-electron chi connectivity index (χ2n) is 6.36. The number of fused-ring (bicyclic) bond motifs is 1. The van der Waals surface area contributed by atoms with Crippen molar-refractivity contribution in [3.05, 3.63) is 47.8 Å². The highest BCUT2D eigenvalue weighted by Crippen LogP contribution is 2.21. The Morgan fingerprint density at radius 2 is 2.12 bits per heavy atom. The van der Waals surface area contributed by atoms with Crippen molar-refractivity contribution in [2.24, 2.45) is 0 Å². The van der Waals surface area contributed by atoms with Crippen LogP contribution in [0.4, 0.5) is 0 Å². The van der Waals surface area contributed by atoms with Crippen LogP contribution < -0.4 is 5.48 Å². The smallest absolute Gasteiger partial charge is 0.267 e. The van der Waals surface area contributed by atoms with Gasteiger partial charge < -0.3 is 4.57 Å². The van der Waals surface area contributed by atoms with Crippen molar-refractivity contribution in [1.82, 2.24) is 15.0 Å². The van der Waals surface area contributed by atoms with Gasteiger partial charge in [-0.3, -0.25) is 10.0 Å². The first-order valence-electron chi connectivity index (χ1n) is 9.45. The van der Waals surface area contributed by atoms with Crippen molar-refractivity contribution in [1.29, 1.82) is 0 Å². The molecule has 1 heterocycles. The Bertz CT molecular complexity index is 775. The quantitative estimate of drug-likeness (QED) is 0.214. The third kappa shape index (κ3) is 5.56. The van der Waals surface area contributed by atoms with E-state index in [0.717, 1.165) is 54.6 Å². The topological polar surface area (TPSA) is 67.2 Å². The van der Waals surface area contributed by atoms with Crippen molar-refractivity contribution < 1.29 is 10.0 Å². The van der Waals surface area contributed by atoms with Crippen molar-refractivity contribution in [2.75, 3.05) is 0 Å². The Labute approximate surface area is 155 Å². The fourth-order valence-corrected chi connectivity index (χ4v) is 2.97. The normalized spacial score (nSPS) is 11.8. The number of amides is 1. The van der Waals surface area contributed by atoms with E-state index < -0.39 is 5.91 Å². The molecular weight excluding hydrogens is 326 g/mol. The first-order valence-corrected chi connectivity index (χ1v) is 9.45. The average molecular weight is 355 g/mol. The van der Waals surface area contributed by atoms with E-state index >= 15 is 0 Å². The number of hydrogen-bond donors (Lipinski definition) is 2. The number of carbonyl (C=O) groups is 1. The molecule has 1 amide bonds. The molecule has 1 aromatic carbocycles. The van der Waals surface area contributed by atoms with Gasteiger partial charge in [-0.15, -0.1) is 0 Å². The van der Waals surface area contributed by atoms with Gasteiger partial charge in [0.1, 0.15) is 5.82 Å². The highest BCUT2D eigenvalue weighted by molar-refractivity contribution is 5.91. The summed E-state index contributed by atoms with van der Waals surface area (Å²) in [6.45, 7) is 5.34. The highest BCUT2D eigenvalue weighted by atomic mass is 16.5. The summed E-state index contributed by atoms with van der Waals surface area (Å²) in [4.78, 5) is 16.0. The van der Waals surface area contributed by atoms with Gasteiger partial charge in [-0.05, 0) is 43.0 Å². The van der Waals surface area contributed by atoms with Crippen LogP contribution in [0, 0.1) is 0 Å². The fraction of sp³-hybridized carbons (Fsp3) is 0.429. The molecule has 0 spiro atoms. The monoisotopic (exact) mass is 355 g/mol. The summed E-state index contributed by atoms with van der Waals surface area (Å²) in [6.07, 6.45) is 13.9. The number of rotatable bonds is 10. The summed E-state index contributed by atoms with van der Waals surface area (Å²) in [6, 6.07) is 6.02. The Kier molecular flexibility index (Phi) is 8.09. The first-order chi connectivity index (χ1) is 12.7. The van der Waals surface area contributed by atoms with Crippen LogP contribution in [0.15, 0.2) is 36.4 Å². The van der Waals surface area contributed by atoms with Crippen LogP contribution in [-0.2, 0) is 17.8 Å². The van der Waals surface area contributed by atoms with Gasteiger partial charge >= 0.3 is 0 Å². The summed E-state index contributed by atoms with van der Waals surface area (Å²) in [5.74, 6) is 0.574. The number of carbonyl (C=O) groups excluding carboxylic acids is 1. The summed E-state index contributed by atoms with van der Waals surface area (Å²) >= 11 is 0. The zero-order valence-corrected chi connectivity index (χ0v) is 15.7. The average Bonchev–Trinajstić information content (AvgIpc) is 3.00. The molecule has 2 rings (SSSR count). The Morgan fingerprint density at radius 3 is 2.85 bits per heavy atom. The van der Waals surface area contributed by atoms with Crippen LogP contribution >= 0.6 is 0 Å². The molecule has 0 atom stereocenters. The minimum Gasteiger partial charge on any atom is -0.328 e. The lowest BCUT2D eigenvalue weighted by Crippen LogP contribution is -2.14. The predicted octanol–water partition coefficient (Wildman–Crippen LogP) is 4.64. The van der Waals surface area contributed by atoms with E-state index in [1.54, 1.807) is 11.6 Å². The van der Waals surface area contributed by atoms with Crippen molar-refractivity contribution >= 4 is 23.0 Å². The Hall–Kier alpha value is -2.40. The van der Waals surface area contributed by atoms with Gasteiger partial charge in [0.2, 0.25) is 0 Å². The summed E-state index contributed by atoms with van der Waals surface area (Å²) in [7, 11) is 0. The molecule has 1 aromatic heterocycles. The molecule has 5 nitrogen and oxygen atoms in total. The van der Waals surface area contributed by atoms with Gasteiger partial charge in [-0.25, -0.2) is 10.5 Å². The third-order valence-electron chi connectivity index (χ3n) is 4.31. The molecule has 5 heteroatoms. The molecule has 2 aromatic rings. The van der Waals surface area contributed by atoms with Crippen LogP contribution in [-0.4, -0.2) is 20.7 Å². The van der Waals surface area contributed by atoms with E-state index in [2.05, 4.69) is 36.6 Å². The van der Waals surface area contributed by atoms with Crippen LogP contribution in [0.1, 0.15) is 57.3 Å². The maximum absolute atomic E-state index is 11.2. The van der Waals surface area contributed by atoms with Crippen LogP contribution in [0.25, 0.3) is 17.1 Å². The lowest BCUT2D eigenvalue weighted by Gasteiger charge is -2.08.